The third-order valence-electron chi connectivity index (χ3n) is 1.92. The summed E-state index contributed by atoms with van der Waals surface area (Å²) < 4.78 is 22.2. The minimum Gasteiger partial charge on any atom is -0.297 e. The van der Waals surface area contributed by atoms with E-state index in [0.717, 1.165) is 25.0 Å². The van der Waals surface area contributed by atoms with Crippen molar-refractivity contribution in [1.82, 2.24) is 5.09 Å². The molecule has 0 unspecified atom stereocenters. The molecule has 0 aromatic carbocycles. The summed E-state index contributed by atoms with van der Waals surface area (Å²) in [5.41, 5.74) is 0.982. The second-order valence-electron chi connectivity index (χ2n) is 3.07. The van der Waals surface area contributed by atoms with Crippen LogP contribution in [0.1, 0.15) is 33.1 Å². The number of allylic oxidation sites excluding steroid dienone is 2. The summed E-state index contributed by atoms with van der Waals surface area (Å²) in [5, 5.41) is 2.87. The number of hydrogen-bond acceptors (Lipinski definition) is 3. The Morgan fingerprint density at radius 3 is 2.50 bits per heavy atom. The van der Waals surface area contributed by atoms with Crippen molar-refractivity contribution in [3.63, 3.8) is 0 Å². The summed E-state index contributed by atoms with van der Waals surface area (Å²) in [5.74, 6) is 0. The lowest BCUT2D eigenvalue weighted by molar-refractivity contribution is 0.213. The smallest absolute Gasteiger partial charge is 0.297 e. The predicted molar refractivity (Wildman–Crippen MR) is 55.9 cm³/mol. The zero-order valence-corrected chi connectivity index (χ0v) is 9.68. The van der Waals surface area contributed by atoms with E-state index in [1.807, 2.05) is 6.08 Å². The van der Waals surface area contributed by atoms with Gasteiger partial charge in [0.15, 0.2) is 0 Å². The van der Waals surface area contributed by atoms with E-state index in [9.17, 15) is 4.57 Å². The summed E-state index contributed by atoms with van der Waals surface area (Å²) in [6.07, 6.45) is 5.13. The molecule has 0 saturated carbocycles. The van der Waals surface area contributed by atoms with E-state index in [4.69, 9.17) is 9.05 Å². The lowest BCUT2D eigenvalue weighted by Gasteiger charge is -2.18. The van der Waals surface area contributed by atoms with Gasteiger partial charge in [-0.25, -0.2) is 4.57 Å². The molecule has 0 atom stereocenters. The van der Waals surface area contributed by atoms with Gasteiger partial charge in [0, 0.05) is 5.70 Å². The Kier molecular flexibility index (Phi) is 4.66. The van der Waals surface area contributed by atoms with Gasteiger partial charge >= 0.3 is 7.75 Å². The van der Waals surface area contributed by atoms with Gasteiger partial charge in [0.25, 0.3) is 0 Å². The molecule has 0 aliphatic heterocycles. The van der Waals surface area contributed by atoms with Crippen LogP contribution in [0.15, 0.2) is 11.8 Å². The van der Waals surface area contributed by atoms with Crippen LogP contribution >= 0.6 is 7.75 Å². The molecule has 82 valence electrons. The Balaban J connectivity index is 2.53. The van der Waals surface area contributed by atoms with Gasteiger partial charge in [0.05, 0.1) is 13.2 Å². The van der Waals surface area contributed by atoms with Gasteiger partial charge in [-0.1, -0.05) is 6.08 Å². The van der Waals surface area contributed by atoms with E-state index in [0.29, 0.717) is 13.2 Å². The minimum atomic E-state index is -3.09. The maximum Gasteiger partial charge on any atom is 0.432 e. The largest absolute Gasteiger partial charge is 0.432 e. The van der Waals surface area contributed by atoms with Crippen LogP contribution in [0.5, 0.6) is 0 Å². The first-order chi connectivity index (χ1) is 6.70. The molecule has 0 fully saturated rings. The molecule has 0 bridgehead atoms. The van der Waals surface area contributed by atoms with E-state index in [2.05, 4.69) is 5.09 Å². The Morgan fingerprint density at radius 2 is 2.07 bits per heavy atom. The predicted octanol–water partition coefficient (Wildman–Crippen LogP) is 2.82. The molecule has 0 aromatic rings. The molecule has 0 amide bonds. The van der Waals surface area contributed by atoms with Crippen molar-refractivity contribution < 1.29 is 13.6 Å². The average Bonchev–Trinajstić information content (AvgIpc) is 2.57. The first-order valence-electron chi connectivity index (χ1n) is 5.06. The van der Waals surface area contributed by atoms with Crippen LogP contribution < -0.4 is 5.09 Å². The maximum atomic E-state index is 12.0. The van der Waals surface area contributed by atoms with Crippen LogP contribution in [0.25, 0.3) is 0 Å². The summed E-state index contributed by atoms with van der Waals surface area (Å²) in [6.45, 7) is 4.38. The Hall–Kier alpha value is -0.310. The Bertz CT molecular complexity index is 242. The molecule has 5 heteroatoms. The summed E-state index contributed by atoms with van der Waals surface area (Å²) in [6, 6.07) is 0. The highest BCUT2D eigenvalue weighted by atomic mass is 31.2. The van der Waals surface area contributed by atoms with Crippen LogP contribution in [0.2, 0.25) is 0 Å². The SMILES string of the molecule is CCOP(=O)(NC1=CCCC1)OCC. The maximum absolute atomic E-state index is 12.0. The van der Waals surface area contributed by atoms with Crippen LogP contribution in [-0.4, -0.2) is 13.2 Å². The first kappa shape index (κ1) is 11.8. The third-order valence-corrected chi connectivity index (χ3v) is 3.68. The van der Waals surface area contributed by atoms with E-state index in [1.165, 1.54) is 0 Å². The highest BCUT2D eigenvalue weighted by Gasteiger charge is 2.25. The second kappa shape index (κ2) is 5.54. The quantitative estimate of drug-likeness (QED) is 0.698. The molecule has 0 aromatic heterocycles. The van der Waals surface area contributed by atoms with Gasteiger partial charge in [0.2, 0.25) is 0 Å². The molecule has 1 aliphatic rings. The summed E-state index contributed by atoms with van der Waals surface area (Å²) in [7, 11) is -3.09. The highest BCUT2D eigenvalue weighted by Crippen LogP contribution is 2.45. The molecular formula is C9H18NO3P. The van der Waals surface area contributed by atoms with E-state index in [1.54, 1.807) is 13.8 Å². The van der Waals surface area contributed by atoms with Crippen molar-refractivity contribution >= 4 is 7.75 Å². The monoisotopic (exact) mass is 219 g/mol. The summed E-state index contributed by atoms with van der Waals surface area (Å²) in [4.78, 5) is 0. The van der Waals surface area contributed by atoms with E-state index >= 15 is 0 Å². The average molecular weight is 219 g/mol. The first-order valence-corrected chi connectivity index (χ1v) is 6.61. The molecule has 0 saturated heterocycles. The molecule has 0 heterocycles. The van der Waals surface area contributed by atoms with Crippen molar-refractivity contribution in [3.8, 4) is 0 Å². The topological polar surface area (TPSA) is 47.6 Å². The minimum absolute atomic E-state index is 0.386. The molecule has 4 nitrogen and oxygen atoms in total. The van der Waals surface area contributed by atoms with Crippen molar-refractivity contribution in [2.24, 2.45) is 0 Å². The molecule has 1 aliphatic carbocycles. The normalized spacial score (nSPS) is 16.9. The molecular weight excluding hydrogens is 201 g/mol. The standard InChI is InChI=1S/C9H18NO3P/c1-3-12-14(11,13-4-2)10-9-7-5-6-8-9/h7H,3-6,8H2,1-2H3,(H,10,11). The fraction of sp³-hybridized carbons (Fsp3) is 0.778. The molecule has 14 heavy (non-hydrogen) atoms. The van der Waals surface area contributed by atoms with Gasteiger partial charge < -0.3 is 0 Å². The second-order valence-corrected chi connectivity index (χ2v) is 4.80. The zero-order valence-electron chi connectivity index (χ0n) is 8.78. The fourth-order valence-electron chi connectivity index (χ4n) is 1.39. The van der Waals surface area contributed by atoms with Gasteiger partial charge in [-0.3, -0.25) is 14.1 Å². The number of rotatable bonds is 6. The Morgan fingerprint density at radius 1 is 1.43 bits per heavy atom. The van der Waals surface area contributed by atoms with Crippen molar-refractivity contribution in [3.05, 3.63) is 11.8 Å². The molecule has 1 N–H and O–H groups in total. The van der Waals surface area contributed by atoms with Crippen molar-refractivity contribution in [2.45, 2.75) is 33.1 Å². The van der Waals surface area contributed by atoms with Crippen LogP contribution in [0.3, 0.4) is 0 Å². The van der Waals surface area contributed by atoms with Crippen molar-refractivity contribution in [1.29, 1.82) is 0 Å². The number of nitrogens with one attached hydrogen (secondary N) is 1. The van der Waals surface area contributed by atoms with E-state index in [-0.39, 0.29) is 0 Å². The summed E-state index contributed by atoms with van der Waals surface area (Å²) >= 11 is 0. The molecule has 1 rings (SSSR count). The van der Waals surface area contributed by atoms with Gasteiger partial charge in [-0.2, -0.15) is 0 Å². The van der Waals surface area contributed by atoms with Crippen LogP contribution in [-0.2, 0) is 13.6 Å². The zero-order chi connectivity index (χ0) is 10.4. The highest BCUT2D eigenvalue weighted by molar-refractivity contribution is 7.51. The molecule has 0 spiro atoms. The van der Waals surface area contributed by atoms with E-state index < -0.39 is 7.75 Å². The third kappa shape index (κ3) is 3.45. The van der Waals surface area contributed by atoms with Gasteiger partial charge in [0.1, 0.15) is 0 Å². The van der Waals surface area contributed by atoms with Crippen LogP contribution in [0, 0.1) is 0 Å². The van der Waals surface area contributed by atoms with Gasteiger partial charge in [-0.05, 0) is 33.1 Å². The van der Waals surface area contributed by atoms with Crippen molar-refractivity contribution in [2.75, 3.05) is 13.2 Å². The van der Waals surface area contributed by atoms with Crippen LogP contribution in [0.4, 0.5) is 0 Å². The van der Waals surface area contributed by atoms with Gasteiger partial charge in [-0.15, -0.1) is 0 Å². The lowest BCUT2D eigenvalue weighted by atomic mass is 10.3. The lowest BCUT2D eigenvalue weighted by Crippen LogP contribution is -2.13. The Labute approximate surface area is 85.3 Å². The molecule has 0 radical (unpaired) electrons. The fourth-order valence-corrected chi connectivity index (χ4v) is 2.83. The number of hydrogen-bond donors (Lipinski definition) is 1.